The molecule has 0 aliphatic rings. The number of hydrogen-bond donors (Lipinski definition) is 1. The Bertz CT molecular complexity index is 197. The molecule has 1 atom stereocenters. The lowest BCUT2D eigenvalue weighted by Crippen LogP contribution is -2.10. The summed E-state index contributed by atoms with van der Waals surface area (Å²) in [7, 11) is 0. The number of carboxylic acid groups (broad SMARTS) is 1. The Balaban J connectivity index is 3.79. The molecular weight excluding hydrogens is 200 g/mol. The normalized spacial score (nSPS) is 13.1. The second-order valence-corrected chi connectivity index (χ2v) is 4.36. The summed E-state index contributed by atoms with van der Waals surface area (Å²) in [6.07, 6.45) is 12.7. The summed E-state index contributed by atoms with van der Waals surface area (Å²) >= 11 is 0. The largest absolute Gasteiger partial charge is 0.481 e. The Hall–Kier alpha value is -0.790. The molecule has 0 saturated carbocycles. The van der Waals surface area contributed by atoms with Gasteiger partial charge in [-0.3, -0.25) is 4.79 Å². The molecule has 0 fully saturated rings. The average Bonchev–Trinajstić information content (AvgIpc) is 2.26. The molecule has 0 aromatic rings. The van der Waals surface area contributed by atoms with Gasteiger partial charge in [-0.1, -0.05) is 58.1 Å². The third-order valence-corrected chi connectivity index (χ3v) is 2.78. The van der Waals surface area contributed by atoms with Crippen molar-refractivity contribution in [2.45, 2.75) is 65.2 Å². The predicted molar refractivity (Wildman–Crippen MR) is 68.5 cm³/mol. The maximum Gasteiger partial charge on any atom is 0.310 e. The number of rotatable bonds is 10. The van der Waals surface area contributed by atoms with E-state index in [1.807, 2.05) is 12.2 Å². The first-order chi connectivity index (χ1) is 7.72. The number of unbranched alkanes of at least 4 members (excludes halogenated alkanes) is 5. The van der Waals surface area contributed by atoms with Gasteiger partial charge >= 0.3 is 5.97 Å². The van der Waals surface area contributed by atoms with Crippen LogP contribution < -0.4 is 0 Å². The molecule has 1 unspecified atom stereocenters. The fourth-order valence-corrected chi connectivity index (χ4v) is 1.69. The molecule has 0 bridgehead atoms. The van der Waals surface area contributed by atoms with E-state index in [0.29, 0.717) is 0 Å². The first kappa shape index (κ1) is 15.2. The summed E-state index contributed by atoms with van der Waals surface area (Å²) in [6, 6.07) is 0. The Morgan fingerprint density at radius 2 is 1.75 bits per heavy atom. The van der Waals surface area contributed by atoms with Gasteiger partial charge in [-0.15, -0.1) is 0 Å². The molecule has 0 aromatic heterocycles. The van der Waals surface area contributed by atoms with Crippen molar-refractivity contribution < 1.29 is 9.90 Å². The fourth-order valence-electron chi connectivity index (χ4n) is 1.69. The highest BCUT2D eigenvalue weighted by molar-refractivity contribution is 5.72. The summed E-state index contributed by atoms with van der Waals surface area (Å²) in [4.78, 5) is 11.0. The minimum Gasteiger partial charge on any atom is -0.481 e. The van der Waals surface area contributed by atoms with Crippen molar-refractivity contribution in [2.24, 2.45) is 5.92 Å². The Kier molecular flexibility index (Phi) is 10.2. The second kappa shape index (κ2) is 10.7. The van der Waals surface area contributed by atoms with Gasteiger partial charge in [-0.2, -0.15) is 0 Å². The van der Waals surface area contributed by atoms with Crippen LogP contribution in [0, 0.1) is 5.92 Å². The van der Waals surface area contributed by atoms with Gasteiger partial charge in [0.1, 0.15) is 0 Å². The smallest absolute Gasteiger partial charge is 0.310 e. The quantitative estimate of drug-likeness (QED) is 0.442. The monoisotopic (exact) mass is 226 g/mol. The van der Waals surface area contributed by atoms with Crippen LogP contribution in [0.1, 0.15) is 65.2 Å². The molecule has 2 heteroatoms. The number of aliphatic carboxylic acids is 1. The van der Waals surface area contributed by atoms with E-state index in [-0.39, 0.29) is 5.92 Å². The summed E-state index contributed by atoms with van der Waals surface area (Å²) in [6.45, 7) is 4.31. The minimum absolute atomic E-state index is 0.270. The summed E-state index contributed by atoms with van der Waals surface area (Å²) in [5.74, 6) is -0.948. The van der Waals surface area contributed by atoms with Gasteiger partial charge in [0.25, 0.3) is 0 Å². The summed E-state index contributed by atoms with van der Waals surface area (Å²) in [5.41, 5.74) is 0. The zero-order valence-corrected chi connectivity index (χ0v) is 10.7. The zero-order valence-electron chi connectivity index (χ0n) is 10.7. The maximum atomic E-state index is 11.0. The first-order valence-corrected chi connectivity index (χ1v) is 6.61. The maximum absolute atomic E-state index is 11.0. The van der Waals surface area contributed by atoms with Crippen molar-refractivity contribution in [2.75, 3.05) is 0 Å². The molecular formula is C14H26O2. The van der Waals surface area contributed by atoms with Gasteiger partial charge in [0, 0.05) is 0 Å². The van der Waals surface area contributed by atoms with E-state index in [0.717, 1.165) is 32.1 Å². The predicted octanol–water partition coefficient (Wildman–Crippen LogP) is 4.40. The summed E-state index contributed by atoms with van der Waals surface area (Å²) < 4.78 is 0. The van der Waals surface area contributed by atoms with Crippen LogP contribution >= 0.6 is 0 Å². The third kappa shape index (κ3) is 8.51. The van der Waals surface area contributed by atoms with Crippen LogP contribution in [0.25, 0.3) is 0 Å². The molecule has 1 N–H and O–H groups in total. The Labute approximate surface area is 99.7 Å². The summed E-state index contributed by atoms with van der Waals surface area (Å²) in [5, 5.41) is 9.02. The standard InChI is InChI=1S/C14H26O2/c1-3-5-7-8-10-12-13(14(15)16)11-9-6-4-2/h10,12-13H,3-9,11H2,1-2H3,(H,15,16)/b12-10+. The van der Waals surface area contributed by atoms with E-state index in [1.54, 1.807) is 0 Å². The number of carbonyl (C=O) groups is 1. The molecule has 2 nitrogen and oxygen atoms in total. The van der Waals surface area contributed by atoms with E-state index in [1.165, 1.54) is 19.3 Å². The van der Waals surface area contributed by atoms with Crippen LogP contribution in [0.15, 0.2) is 12.2 Å². The van der Waals surface area contributed by atoms with Gasteiger partial charge in [-0.05, 0) is 19.3 Å². The van der Waals surface area contributed by atoms with Crippen molar-refractivity contribution >= 4 is 5.97 Å². The van der Waals surface area contributed by atoms with Crippen molar-refractivity contribution in [3.63, 3.8) is 0 Å². The molecule has 0 saturated heterocycles. The highest BCUT2D eigenvalue weighted by atomic mass is 16.4. The van der Waals surface area contributed by atoms with Crippen LogP contribution in [0.3, 0.4) is 0 Å². The van der Waals surface area contributed by atoms with E-state index in [9.17, 15) is 4.79 Å². The van der Waals surface area contributed by atoms with Gasteiger partial charge in [0.15, 0.2) is 0 Å². The molecule has 0 aliphatic heterocycles. The topological polar surface area (TPSA) is 37.3 Å². The van der Waals surface area contributed by atoms with Gasteiger partial charge in [-0.25, -0.2) is 0 Å². The third-order valence-electron chi connectivity index (χ3n) is 2.78. The first-order valence-electron chi connectivity index (χ1n) is 6.61. The number of allylic oxidation sites excluding steroid dienone is 1. The lowest BCUT2D eigenvalue weighted by molar-refractivity contribution is -0.140. The fraction of sp³-hybridized carbons (Fsp3) is 0.786. The number of carboxylic acids is 1. The Morgan fingerprint density at radius 3 is 2.31 bits per heavy atom. The highest BCUT2D eigenvalue weighted by Crippen LogP contribution is 2.12. The van der Waals surface area contributed by atoms with Crippen molar-refractivity contribution in [1.82, 2.24) is 0 Å². The zero-order chi connectivity index (χ0) is 12.2. The SMILES string of the molecule is CCCCC/C=C/C(CCCCC)C(=O)O. The highest BCUT2D eigenvalue weighted by Gasteiger charge is 2.12. The van der Waals surface area contributed by atoms with Crippen molar-refractivity contribution in [3.8, 4) is 0 Å². The lowest BCUT2D eigenvalue weighted by atomic mass is 10.0. The molecule has 0 aromatic carbocycles. The van der Waals surface area contributed by atoms with E-state index < -0.39 is 5.97 Å². The van der Waals surface area contributed by atoms with Crippen molar-refractivity contribution in [3.05, 3.63) is 12.2 Å². The lowest BCUT2D eigenvalue weighted by Gasteiger charge is -2.06. The molecule has 0 amide bonds. The van der Waals surface area contributed by atoms with Crippen LogP contribution in [0.4, 0.5) is 0 Å². The average molecular weight is 226 g/mol. The minimum atomic E-state index is -0.678. The van der Waals surface area contributed by atoms with Crippen LogP contribution in [0.2, 0.25) is 0 Å². The van der Waals surface area contributed by atoms with Crippen LogP contribution in [-0.2, 0) is 4.79 Å². The molecule has 0 aliphatic carbocycles. The number of hydrogen-bond acceptors (Lipinski definition) is 1. The second-order valence-electron chi connectivity index (χ2n) is 4.36. The van der Waals surface area contributed by atoms with E-state index in [2.05, 4.69) is 13.8 Å². The van der Waals surface area contributed by atoms with Gasteiger partial charge in [0.05, 0.1) is 5.92 Å². The van der Waals surface area contributed by atoms with E-state index in [4.69, 9.17) is 5.11 Å². The van der Waals surface area contributed by atoms with Gasteiger partial charge < -0.3 is 5.11 Å². The van der Waals surface area contributed by atoms with Gasteiger partial charge in [0.2, 0.25) is 0 Å². The van der Waals surface area contributed by atoms with Crippen molar-refractivity contribution in [1.29, 1.82) is 0 Å². The Morgan fingerprint density at radius 1 is 1.12 bits per heavy atom. The molecule has 0 heterocycles. The molecule has 0 radical (unpaired) electrons. The van der Waals surface area contributed by atoms with E-state index >= 15 is 0 Å². The molecule has 0 spiro atoms. The van der Waals surface area contributed by atoms with Crippen LogP contribution in [0.5, 0.6) is 0 Å². The molecule has 94 valence electrons. The molecule has 0 rings (SSSR count). The molecule has 16 heavy (non-hydrogen) atoms. The van der Waals surface area contributed by atoms with Crippen LogP contribution in [-0.4, -0.2) is 11.1 Å².